The minimum Gasteiger partial charge on any atom is -0.342 e. The summed E-state index contributed by atoms with van der Waals surface area (Å²) in [5.74, 6) is 0.0753. The molecule has 3 aromatic heterocycles. The highest BCUT2D eigenvalue weighted by molar-refractivity contribution is 6.35. The maximum Gasteiger partial charge on any atom is 0.267 e. The Bertz CT molecular complexity index is 1580. The summed E-state index contributed by atoms with van der Waals surface area (Å²) < 4.78 is 3.05. The molecule has 0 unspecified atom stereocenters. The largest absolute Gasteiger partial charge is 0.342 e. The van der Waals surface area contributed by atoms with Crippen molar-refractivity contribution in [3.8, 4) is 5.69 Å². The number of carbonyl (C=O) groups is 1. The molecule has 0 aliphatic heterocycles. The number of halogens is 1. The Kier molecular flexibility index (Phi) is 5.14. The Balaban J connectivity index is 1.64. The van der Waals surface area contributed by atoms with E-state index in [-0.39, 0.29) is 11.5 Å². The first-order valence-corrected chi connectivity index (χ1v) is 10.7. The predicted molar refractivity (Wildman–Crippen MR) is 126 cm³/mol. The van der Waals surface area contributed by atoms with Crippen molar-refractivity contribution in [1.29, 1.82) is 0 Å². The van der Waals surface area contributed by atoms with Gasteiger partial charge in [0.15, 0.2) is 0 Å². The molecule has 0 saturated heterocycles. The summed E-state index contributed by atoms with van der Waals surface area (Å²) in [5.41, 5.74) is 2.46. The van der Waals surface area contributed by atoms with Crippen molar-refractivity contribution in [1.82, 2.24) is 29.5 Å². The van der Waals surface area contributed by atoms with Crippen molar-refractivity contribution >= 4 is 33.9 Å². The Labute approximate surface area is 193 Å². The molecule has 0 aliphatic rings. The molecule has 0 saturated carbocycles. The van der Waals surface area contributed by atoms with E-state index in [9.17, 15) is 9.59 Å². The minimum absolute atomic E-state index is 0.300. The molecule has 1 N–H and O–H groups in total. The standard InChI is InChI=1S/C24H19ClN6O2/c1-14-20(19-11-12-26-13-30(19)29-14)23(32)27-15(2)22-28-18-10-6-9-17(25)21(18)24(33)31(22)16-7-4-3-5-8-16/h3-13,15H,1-2H3,(H,27,32)/t15-/m0/s1. The van der Waals surface area contributed by atoms with E-state index in [2.05, 4.69) is 15.4 Å². The van der Waals surface area contributed by atoms with Crippen LogP contribution in [-0.2, 0) is 0 Å². The number of hydrogen-bond donors (Lipinski definition) is 1. The molecule has 0 fully saturated rings. The number of fused-ring (bicyclic) bond motifs is 2. The number of amides is 1. The fraction of sp³-hybridized carbons (Fsp3) is 0.125. The second-order valence-electron chi connectivity index (χ2n) is 7.65. The molecule has 8 nitrogen and oxygen atoms in total. The van der Waals surface area contributed by atoms with Crippen LogP contribution in [0.4, 0.5) is 0 Å². The first kappa shape index (κ1) is 20.8. The van der Waals surface area contributed by atoms with Gasteiger partial charge in [0.05, 0.1) is 44.4 Å². The van der Waals surface area contributed by atoms with Crippen LogP contribution < -0.4 is 10.9 Å². The Hall–Kier alpha value is -4.04. The van der Waals surface area contributed by atoms with Crippen LogP contribution in [0.3, 0.4) is 0 Å². The Morgan fingerprint density at radius 1 is 1.09 bits per heavy atom. The topological polar surface area (TPSA) is 94.2 Å². The van der Waals surface area contributed by atoms with Gasteiger partial charge >= 0.3 is 0 Å². The van der Waals surface area contributed by atoms with E-state index in [0.29, 0.717) is 44.2 Å². The molecule has 3 heterocycles. The normalized spacial score (nSPS) is 12.2. The summed E-state index contributed by atoms with van der Waals surface area (Å²) in [6, 6.07) is 15.4. The average molecular weight is 459 g/mol. The van der Waals surface area contributed by atoms with Crippen LogP contribution in [0, 0.1) is 6.92 Å². The van der Waals surface area contributed by atoms with Crippen molar-refractivity contribution in [2.45, 2.75) is 19.9 Å². The molecule has 5 rings (SSSR count). The van der Waals surface area contributed by atoms with E-state index in [4.69, 9.17) is 16.6 Å². The summed E-state index contributed by atoms with van der Waals surface area (Å²) in [5, 5.41) is 7.99. The van der Waals surface area contributed by atoms with E-state index < -0.39 is 6.04 Å². The zero-order valence-corrected chi connectivity index (χ0v) is 18.6. The second-order valence-corrected chi connectivity index (χ2v) is 8.05. The molecule has 1 amide bonds. The number of nitrogens with zero attached hydrogens (tertiary/aromatic N) is 5. The number of benzene rings is 2. The minimum atomic E-state index is -0.593. The summed E-state index contributed by atoms with van der Waals surface area (Å²) in [4.78, 5) is 35.5. The average Bonchev–Trinajstić information content (AvgIpc) is 3.15. The van der Waals surface area contributed by atoms with Gasteiger partial charge in [-0.05, 0) is 44.2 Å². The lowest BCUT2D eigenvalue weighted by Gasteiger charge is -2.20. The molecule has 0 radical (unpaired) electrons. The Morgan fingerprint density at radius 2 is 1.88 bits per heavy atom. The molecule has 33 heavy (non-hydrogen) atoms. The van der Waals surface area contributed by atoms with Crippen molar-refractivity contribution in [2.75, 3.05) is 0 Å². The molecule has 5 aromatic rings. The van der Waals surface area contributed by atoms with Crippen molar-refractivity contribution < 1.29 is 4.79 Å². The van der Waals surface area contributed by atoms with Gasteiger partial charge in [0.25, 0.3) is 11.5 Å². The van der Waals surface area contributed by atoms with Gasteiger partial charge in [-0.1, -0.05) is 35.9 Å². The van der Waals surface area contributed by atoms with Crippen LogP contribution in [0.1, 0.15) is 34.8 Å². The summed E-state index contributed by atoms with van der Waals surface area (Å²) in [7, 11) is 0. The highest BCUT2D eigenvalue weighted by atomic mass is 35.5. The van der Waals surface area contributed by atoms with Crippen LogP contribution >= 0.6 is 11.6 Å². The van der Waals surface area contributed by atoms with E-state index in [1.807, 2.05) is 30.3 Å². The first-order chi connectivity index (χ1) is 16.0. The van der Waals surface area contributed by atoms with Gasteiger partial charge in [0, 0.05) is 6.20 Å². The number of rotatable bonds is 4. The zero-order chi connectivity index (χ0) is 23.1. The summed E-state index contributed by atoms with van der Waals surface area (Å²) >= 11 is 6.34. The van der Waals surface area contributed by atoms with Gasteiger partial charge in [-0.2, -0.15) is 5.10 Å². The smallest absolute Gasteiger partial charge is 0.267 e. The third-order valence-electron chi connectivity index (χ3n) is 5.47. The van der Waals surface area contributed by atoms with Gasteiger partial charge in [-0.25, -0.2) is 14.5 Å². The molecular weight excluding hydrogens is 440 g/mol. The molecule has 0 spiro atoms. The van der Waals surface area contributed by atoms with Crippen LogP contribution in [-0.4, -0.2) is 30.1 Å². The predicted octanol–water partition coefficient (Wildman–Crippen LogP) is 3.88. The molecular formula is C24H19ClN6O2. The molecule has 0 aliphatic carbocycles. The fourth-order valence-electron chi connectivity index (χ4n) is 3.97. The van der Waals surface area contributed by atoms with Crippen LogP contribution in [0.15, 0.2) is 71.9 Å². The number of carbonyl (C=O) groups excluding carboxylic acids is 1. The van der Waals surface area contributed by atoms with Crippen LogP contribution in [0.5, 0.6) is 0 Å². The quantitative estimate of drug-likeness (QED) is 0.441. The lowest BCUT2D eigenvalue weighted by atomic mass is 10.1. The molecule has 1 atom stereocenters. The molecule has 0 bridgehead atoms. The van der Waals surface area contributed by atoms with E-state index in [1.165, 1.54) is 4.57 Å². The molecule has 2 aromatic carbocycles. The van der Waals surface area contributed by atoms with Crippen LogP contribution in [0.25, 0.3) is 22.1 Å². The number of para-hydroxylation sites is 1. The van der Waals surface area contributed by atoms with Crippen LogP contribution in [0.2, 0.25) is 5.02 Å². The summed E-state index contributed by atoms with van der Waals surface area (Å²) in [6.07, 6.45) is 3.16. The number of nitrogens with one attached hydrogen (secondary N) is 1. The fourth-order valence-corrected chi connectivity index (χ4v) is 4.22. The SMILES string of the molecule is Cc1nn2cnccc2c1C(=O)N[C@@H](C)c1nc2cccc(Cl)c2c(=O)n1-c1ccccc1. The van der Waals surface area contributed by atoms with E-state index >= 15 is 0 Å². The monoisotopic (exact) mass is 458 g/mol. The zero-order valence-electron chi connectivity index (χ0n) is 17.9. The third-order valence-corrected chi connectivity index (χ3v) is 5.78. The lowest BCUT2D eigenvalue weighted by Crippen LogP contribution is -2.33. The third kappa shape index (κ3) is 3.54. The van der Waals surface area contributed by atoms with Crippen molar-refractivity contribution in [2.24, 2.45) is 0 Å². The first-order valence-electron chi connectivity index (χ1n) is 10.3. The van der Waals surface area contributed by atoms with E-state index in [1.54, 1.807) is 55.2 Å². The lowest BCUT2D eigenvalue weighted by molar-refractivity contribution is 0.0939. The maximum atomic E-state index is 13.5. The number of aromatic nitrogens is 5. The van der Waals surface area contributed by atoms with Gasteiger partial charge in [0.1, 0.15) is 12.2 Å². The van der Waals surface area contributed by atoms with Crippen molar-refractivity contribution in [3.05, 3.63) is 99.6 Å². The number of hydrogen-bond acceptors (Lipinski definition) is 5. The molecule has 164 valence electrons. The van der Waals surface area contributed by atoms with Gasteiger partial charge in [0.2, 0.25) is 0 Å². The maximum absolute atomic E-state index is 13.5. The molecule has 9 heteroatoms. The van der Waals surface area contributed by atoms with Gasteiger partial charge < -0.3 is 5.32 Å². The second kappa shape index (κ2) is 8.14. The van der Waals surface area contributed by atoms with Gasteiger partial charge in [-0.15, -0.1) is 0 Å². The van der Waals surface area contributed by atoms with E-state index in [0.717, 1.165) is 0 Å². The summed E-state index contributed by atoms with van der Waals surface area (Å²) in [6.45, 7) is 3.56. The van der Waals surface area contributed by atoms with Gasteiger partial charge in [-0.3, -0.25) is 14.2 Å². The highest BCUT2D eigenvalue weighted by Crippen LogP contribution is 2.23. The van der Waals surface area contributed by atoms with Crippen molar-refractivity contribution in [3.63, 3.8) is 0 Å². The highest BCUT2D eigenvalue weighted by Gasteiger charge is 2.23. The number of aryl methyl sites for hydroxylation is 1. The Morgan fingerprint density at radius 3 is 2.67 bits per heavy atom.